The number of nitrogens with one attached hydrogen (secondary N) is 1. The normalized spacial score (nSPS) is 22.4. The number of hydrogen-bond donors (Lipinski definition) is 4. The Bertz CT molecular complexity index is 2140. The van der Waals surface area contributed by atoms with Crippen LogP contribution in [0.4, 0.5) is 11.4 Å². The number of ether oxygens (including phenoxy) is 1. The minimum atomic E-state index is -4.42. The van der Waals surface area contributed by atoms with Gasteiger partial charge in [-0.1, -0.05) is 24.5 Å². The highest BCUT2D eigenvalue weighted by atomic mass is 32.2. The highest BCUT2D eigenvalue weighted by Crippen LogP contribution is 2.55. The second-order valence-electron chi connectivity index (χ2n) is 16.0. The third-order valence-electron chi connectivity index (χ3n) is 11.7. The molecule has 12 nitrogen and oxygen atoms in total. The molecule has 0 aromatic heterocycles. The molecule has 54 heavy (non-hydrogen) atoms. The first-order valence-electron chi connectivity index (χ1n) is 18.9. The average molecular weight is 785 g/mol. The first kappa shape index (κ1) is 40.3. The Morgan fingerprint density at radius 3 is 2.48 bits per heavy atom. The van der Waals surface area contributed by atoms with Crippen molar-refractivity contribution < 1.29 is 45.2 Å². The molecule has 3 atom stereocenters. The molecule has 3 unspecified atom stereocenters. The Morgan fingerprint density at radius 1 is 1.02 bits per heavy atom. The number of aryl methyl sites for hydroxylation is 1. The van der Waals surface area contributed by atoms with Crippen LogP contribution >= 0.6 is 0 Å². The molecule has 14 heteroatoms. The van der Waals surface area contributed by atoms with E-state index in [2.05, 4.69) is 66.8 Å². The van der Waals surface area contributed by atoms with Crippen molar-refractivity contribution in [3.63, 3.8) is 0 Å². The van der Waals surface area contributed by atoms with E-state index in [0.29, 0.717) is 39.0 Å². The van der Waals surface area contributed by atoms with E-state index in [-0.39, 0.29) is 41.9 Å². The van der Waals surface area contributed by atoms with Gasteiger partial charge in [-0.25, -0.2) is 0 Å². The van der Waals surface area contributed by atoms with Crippen molar-refractivity contribution in [2.45, 2.75) is 113 Å². The van der Waals surface area contributed by atoms with E-state index >= 15 is 0 Å². The summed E-state index contributed by atoms with van der Waals surface area (Å²) in [5.74, 6) is -0.266. The second kappa shape index (κ2) is 15.3. The molecule has 1 amide bonds. The average Bonchev–Trinajstić information content (AvgIpc) is 3.49. The standard InChI is InChI=1S/C40H53N3O9S2/c1-26-12-14-33-31(21-26)39(3,4)37(42(33)18-9-7-11-36(45)41-24-27(2)53(46,47)48)28-22-30-35(52-25-28)16-19-43-34-15-13-29(54(49,50)51)23-32(34)40(5,38(30)43)17-8-6-10-20-44/h12-15,21-23,27,35,44H,6-11,16-20,24-25H2,1-5H3,(H2-,41,45,46,47,48,49,50,51)/p+1. The number of aliphatic hydroxyl groups is 1. The van der Waals surface area contributed by atoms with Crippen LogP contribution in [0.25, 0.3) is 0 Å². The largest absolute Gasteiger partial charge is 0.396 e. The number of carbonyl (C=O) groups is 1. The molecule has 0 saturated heterocycles. The summed E-state index contributed by atoms with van der Waals surface area (Å²) in [6, 6.07) is 11.4. The Balaban J connectivity index is 1.38. The molecule has 4 N–H and O–H groups in total. The molecule has 0 fully saturated rings. The zero-order valence-corrected chi connectivity index (χ0v) is 33.5. The van der Waals surface area contributed by atoms with Crippen molar-refractivity contribution in [1.29, 1.82) is 0 Å². The summed E-state index contributed by atoms with van der Waals surface area (Å²) in [4.78, 5) is 14.7. The molecule has 0 bridgehead atoms. The van der Waals surface area contributed by atoms with Gasteiger partial charge in [0.2, 0.25) is 11.6 Å². The van der Waals surface area contributed by atoms with Gasteiger partial charge in [0, 0.05) is 72.1 Å². The first-order valence-corrected chi connectivity index (χ1v) is 21.9. The van der Waals surface area contributed by atoms with E-state index in [1.54, 1.807) is 12.1 Å². The molecular weight excluding hydrogens is 731 g/mol. The molecule has 0 aliphatic carbocycles. The lowest BCUT2D eigenvalue weighted by Crippen LogP contribution is -2.42. The molecule has 4 aliphatic rings. The van der Waals surface area contributed by atoms with Crippen LogP contribution < -0.4 is 10.2 Å². The van der Waals surface area contributed by atoms with Gasteiger partial charge in [-0.15, -0.1) is 0 Å². The number of amides is 1. The van der Waals surface area contributed by atoms with Crippen molar-refractivity contribution in [1.82, 2.24) is 5.32 Å². The van der Waals surface area contributed by atoms with Crippen LogP contribution in [0, 0.1) is 6.92 Å². The number of fused-ring (bicyclic) bond motifs is 5. The van der Waals surface area contributed by atoms with E-state index in [4.69, 9.17) is 4.74 Å². The summed E-state index contributed by atoms with van der Waals surface area (Å²) >= 11 is 0. The summed E-state index contributed by atoms with van der Waals surface area (Å²) in [6.45, 7) is 11.8. The molecule has 0 radical (unpaired) electrons. The predicted octanol–water partition coefficient (Wildman–Crippen LogP) is 5.49. The van der Waals surface area contributed by atoms with Crippen LogP contribution in [0.2, 0.25) is 0 Å². The van der Waals surface area contributed by atoms with Crippen LogP contribution in [-0.2, 0) is 40.6 Å². The minimum Gasteiger partial charge on any atom is -0.396 e. The molecule has 294 valence electrons. The molecule has 4 aliphatic heterocycles. The number of anilines is 1. The van der Waals surface area contributed by atoms with Gasteiger partial charge in [0.1, 0.15) is 11.8 Å². The smallest absolute Gasteiger partial charge is 0.294 e. The fourth-order valence-electron chi connectivity index (χ4n) is 8.86. The molecule has 2 aromatic carbocycles. The summed E-state index contributed by atoms with van der Waals surface area (Å²) in [5.41, 5.74) is 8.68. The van der Waals surface area contributed by atoms with Gasteiger partial charge >= 0.3 is 0 Å². The van der Waals surface area contributed by atoms with Crippen molar-refractivity contribution in [3.8, 4) is 0 Å². The zero-order chi connectivity index (χ0) is 39.2. The molecule has 4 heterocycles. The Morgan fingerprint density at radius 2 is 1.78 bits per heavy atom. The maximum absolute atomic E-state index is 12.6. The number of carbonyl (C=O) groups excluding carboxylic acids is 1. The van der Waals surface area contributed by atoms with Crippen molar-refractivity contribution >= 4 is 43.2 Å². The maximum Gasteiger partial charge on any atom is 0.294 e. The fourth-order valence-corrected chi connectivity index (χ4v) is 9.66. The Hall–Kier alpha value is -3.40. The van der Waals surface area contributed by atoms with Gasteiger partial charge in [-0.2, -0.15) is 21.4 Å². The number of hydrogen-bond acceptors (Lipinski definition) is 8. The fraction of sp³-hybridized carbons (Fsp3) is 0.550. The van der Waals surface area contributed by atoms with Crippen molar-refractivity contribution in [3.05, 3.63) is 76.0 Å². The Kier molecular flexibility index (Phi) is 11.4. The summed E-state index contributed by atoms with van der Waals surface area (Å²) in [5, 5.41) is 11.0. The number of unbranched alkanes of at least 4 members (excludes halogenated alkanes) is 3. The lowest BCUT2D eigenvalue weighted by Gasteiger charge is -2.40. The van der Waals surface area contributed by atoms with Crippen LogP contribution in [0.3, 0.4) is 0 Å². The van der Waals surface area contributed by atoms with Crippen molar-refractivity contribution in [2.24, 2.45) is 0 Å². The van der Waals surface area contributed by atoms with E-state index in [9.17, 15) is 35.8 Å². The highest BCUT2D eigenvalue weighted by molar-refractivity contribution is 7.86. The molecule has 0 spiro atoms. The highest BCUT2D eigenvalue weighted by Gasteiger charge is 2.51. The van der Waals surface area contributed by atoms with Gasteiger partial charge in [0.25, 0.3) is 20.2 Å². The van der Waals surface area contributed by atoms with Gasteiger partial charge in [-0.05, 0) is 96.2 Å². The van der Waals surface area contributed by atoms with E-state index < -0.39 is 30.9 Å². The lowest BCUT2D eigenvalue weighted by atomic mass is 9.73. The monoisotopic (exact) mass is 784 g/mol. The number of benzene rings is 2. The number of rotatable bonds is 15. The lowest BCUT2D eigenvalue weighted by molar-refractivity contribution is -0.439. The topological polar surface area (TPSA) is 174 Å². The van der Waals surface area contributed by atoms with Crippen LogP contribution in [0.15, 0.2) is 64.2 Å². The van der Waals surface area contributed by atoms with Crippen LogP contribution in [0.5, 0.6) is 0 Å². The maximum atomic E-state index is 12.6. The Labute approximate surface area is 319 Å². The molecule has 2 aromatic rings. The molecular formula is C40H54N3O9S2+. The van der Waals surface area contributed by atoms with Gasteiger partial charge in [0.05, 0.1) is 23.0 Å². The zero-order valence-electron chi connectivity index (χ0n) is 31.9. The third-order valence-corrected chi connectivity index (χ3v) is 13.7. The minimum absolute atomic E-state index is 0.110. The first-order chi connectivity index (χ1) is 25.4. The van der Waals surface area contributed by atoms with E-state index in [0.717, 1.165) is 70.7 Å². The van der Waals surface area contributed by atoms with E-state index in [1.165, 1.54) is 18.6 Å². The SMILES string of the molecule is Cc1ccc2c(c1)C(C)(C)C(C1=CC3=C4N(CCC3OC1)c1ccc(S(=O)(=O)O)cc1C4(C)CCCCCO)=[N+]2CCCCC(=O)NCC(C)S(=O)(=O)O. The van der Waals surface area contributed by atoms with Crippen LogP contribution in [0.1, 0.15) is 95.8 Å². The van der Waals surface area contributed by atoms with Crippen molar-refractivity contribution in [2.75, 3.05) is 37.7 Å². The number of nitrogens with zero attached hydrogens (tertiary/aromatic N) is 2. The summed E-state index contributed by atoms with van der Waals surface area (Å²) in [7, 11) is -8.65. The molecule has 6 rings (SSSR count). The van der Waals surface area contributed by atoms with Crippen LogP contribution in [-0.4, -0.2) is 91.4 Å². The number of allylic oxidation sites excluding steroid dienone is 1. The second-order valence-corrected chi connectivity index (χ2v) is 19.2. The third kappa shape index (κ3) is 7.70. The van der Waals surface area contributed by atoms with E-state index in [1.807, 2.05) is 0 Å². The quantitative estimate of drug-likeness (QED) is 0.103. The summed E-state index contributed by atoms with van der Waals surface area (Å²) in [6.07, 6.45) is 7.47. The van der Waals surface area contributed by atoms with Gasteiger partial charge in [0.15, 0.2) is 5.71 Å². The van der Waals surface area contributed by atoms with Gasteiger partial charge in [-0.3, -0.25) is 13.9 Å². The van der Waals surface area contributed by atoms with Gasteiger partial charge < -0.3 is 20.1 Å². The summed E-state index contributed by atoms with van der Waals surface area (Å²) < 4.78 is 75.7. The molecule has 0 saturated carbocycles. The number of aliphatic hydroxyl groups excluding tert-OH is 1. The predicted molar refractivity (Wildman–Crippen MR) is 208 cm³/mol.